The summed E-state index contributed by atoms with van der Waals surface area (Å²) in [6.45, 7) is 0.769. The Balaban J connectivity index is 1.63. The maximum atomic E-state index is 11.2. The first-order valence-corrected chi connectivity index (χ1v) is 9.38. The van der Waals surface area contributed by atoms with Gasteiger partial charge in [-0.05, 0) is 23.6 Å². The van der Waals surface area contributed by atoms with Crippen molar-refractivity contribution in [1.82, 2.24) is 0 Å². The molecule has 0 spiro atoms. The predicted molar refractivity (Wildman–Crippen MR) is 107 cm³/mol. The van der Waals surface area contributed by atoms with E-state index in [0.717, 1.165) is 12.0 Å². The van der Waals surface area contributed by atoms with E-state index in [1.807, 2.05) is 24.3 Å². The summed E-state index contributed by atoms with van der Waals surface area (Å²) in [6, 6.07) is 15.6. The number of allylic oxidation sites excluding steroid dienone is 3. The van der Waals surface area contributed by atoms with E-state index in [9.17, 15) is 9.90 Å². The molecular formula is C23H23NO4. The van der Waals surface area contributed by atoms with Crippen LogP contribution in [0.3, 0.4) is 0 Å². The highest BCUT2D eigenvalue weighted by Gasteiger charge is 2.42. The number of rotatable bonds is 5. The van der Waals surface area contributed by atoms with E-state index in [1.54, 1.807) is 18.2 Å². The molecule has 0 amide bonds. The van der Waals surface area contributed by atoms with E-state index in [2.05, 4.69) is 24.3 Å². The molecule has 2 atom stereocenters. The number of carboxylic acids is 1. The Kier molecular flexibility index (Phi) is 4.92. The Morgan fingerprint density at radius 2 is 2.00 bits per heavy atom. The maximum Gasteiger partial charge on any atom is 0.307 e. The summed E-state index contributed by atoms with van der Waals surface area (Å²) >= 11 is 0. The fraction of sp³-hybridized carbons (Fsp3) is 0.261. The van der Waals surface area contributed by atoms with E-state index in [1.165, 1.54) is 5.57 Å². The number of fused-ring (bicyclic) bond motifs is 1. The number of hydrogen-bond acceptors (Lipinski definition) is 4. The largest absolute Gasteiger partial charge is 0.486 e. The lowest BCUT2D eigenvalue weighted by atomic mass is 9.72. The molecule has 0 saturated heterocycles. The van der Waals surface area contributed by atoms with Gasteiger partial charge in [-0.3, -0.25) is 4.79 Å². The lowest BCUT2D eigenvalue weighted by Crippen LogP contribution is -2.49. The van der Waals surface area contributed by atoms with Gasteiger partial charge in [0.15, 0.2) is 11.5 Å². The van der Waals surface area contributed by atoms with Crippen LogP contribution in [0.4, 0.5) is 0 Å². The molecule has 0 aromatic heterocycles. The number of aliphatic carboxylic acids is 1. The molecule has 2 aliphatic rings. The maximum absolute atomic E-state index is 11.2. The fourth-order valence-electron chi connectivity index (χ4n) is 3.91. The molecule has 5 heteroatoms. The van der Waals surface area contributed by atoms with Gasteiger partial charge in [0.2, 0.25) is 0 Å². The standard InChI is InChI=1S/C23H23NO4/c24-15-23(11-5-9-18(13-23)16-6-2-1-3-7-16)20-14-27-19-10-4-8-17(12-21(25)26)22(19)28-20/h1-11,20H,12-15,24H2,(H,25,26)/t20-,23?/m0/s1. The molecular weight excluding hydrogens is 354 g/mol. The second-order valence-corrected chi connectivity index (χ2v) is 7.26. The highest BCUT2D eigenvalue weighted by atomic mass is 16.6. The van der Waals surface area contributed by atoms with Gasteiger partial charge >= 0.3 is 5.97 Å². The monoisotopic (exact) mass is 377 g/mol. The van der Waals surface area contributed by atoms with Crippen LogP contribution in [0.2, 0.25) is 0 Å². The van der Waals surface area contributed by atoms with Crippen molar-refractivity contribution in [2.45, 2.75) is 18.9 Å². The zero-order valence-corrected chi connectivity index (χ0v) is 15.5. The van der Waals surface area contributed by atoms with Crippen LogP contribution in [0.25, 0.3) is 5.57 Å². The molecule has 1 aliphatic carbocycles. The highest BCUT2D eigenvalue weighted by Crippen LogP contribution is 2.44. The van der Waals surface area contributed by atoms with Gasteiger partial charge in [0.1, 0.15) is 12.7 Å². The first-order valence-electron chi connectivity index (χ1n) is 9.38. The number of benzene rings is 2. The molecule has 1 aliphatic heterocycles. The van der Waals surface area contributed by atoms with Crippen molar-refractivity contribution in [3.05, 3.63) is 77.9 Å². The molecule has 28 heavy (non-hydrogen) atoms. The van der Waals surface area contributed by atoms with Crippen molar-refractivity contribution in [1.29, 1.82) is 0 Å². The van der Waals surface area contributed by atoms with Crippen molar-refractivity contribution in [2.24, 2.45) is 11.1 Å². The summed E-state index contributed by atoms with van der Waals surface area (Å²) in [5.41, 5.74) is 8.79. The first-order chi connectivity index (χ1) is 13.6. The molecule has 0 saturated carbocycles. The van der Waals surface area contributed by atoms with Gasteiger partial charge in [-0.1, -0.05) is 60.7 Å². The van der Waals surface area contributed by atoms with E-state index >= 15 is 0 Å². The van der Waals surface area contributed by atoms with Gasteiger partial charge in [0.05, 0.1) is 6.42 Å². The Morgan fingerprint density at radius 1 is 1.18 bits per heavy atom. The molecule has 144 valence electrons. The zero-order chi connectivity index (χ0) is 19.6. The minimum absolute atomic E-state index is 0.111. The summed E-state index contributed by atoms with van der Waals surface area (Å²) in [6.07, 6.45) is 6.55. The number of ether oxygens (including phenoxy) is 2. The van der Waals surface area contributed by atoms with E-state index < -0.39 is 11.4 Å². The fourth-order valence-corrected chi connectivity index (χ4v) is 3.91. The summed E-state index contributed by atoms with van der Waals surface area (Å²) in [5, 5.41) is 9.21. The molecule has 3 N–H and O–H groups in total. The number of carboxylic acid groups (broad SMARTS) is 1. The smallest absolute Gasteiger partial charge is 0.307 e. The van der Waals surface area contributed by atoms with E-state index in [-0.39, 0.29) is 12.5 Å². The molecule has 2 aromatic rings. The molecule has 4 rings (SSSR count). The summed E-state index contributed by atoms with van der Waals surface area (Å²) < 4.78 is 12.3. The van der Waals surface area contributed by atoms with Crippen LogP contribution in [0.5, 0.6) is 11.5 Å². The Bertz CT molecular complexity index is 935. The average molecular weight is 377 g/mol. The number of para-hydroxylation sites is 1. The van der Waals surface area contributed by atoms with E-state index in [0.29, 0.717) is 30.2 Å². The third-order valence-electron chi connectivity index (χ3n) is 5.46. The molecule has 5 nitrogen and oxygen atoms in total. The minimum Gasteiger partial charge on any atom is -0.486 e. The molecule has 0 radical (unpaired) electrons. The van der Waals surface area contributed by atoms with Crippen molar-refractivity contribution in [2.75, 3.05) is 13.2 Å². The molecule has 0 bridgehead atoms. The Hall–Kier alpha value is -3.05. The van der Waals surface area contributed by atoms with Crippen LogP contribution in [-0.4, -0.2) is 30.3 Å². The summed E-state index contributed by atoms with van der Waals surface area (Å²) in [4.78, 5) is 11.2. The first kappa shape index (κ1) is 18.3. The second-order valence-electron chi connectivity index (χ2n) is 7.26. The molecule has 0 fully saturated rings. The van der Waals surface area contributed by atoms with Crippen molar-refractivity contribution < 1.29 is 19.4 Å². The van der Waals surface area contributed by atoms with Crippen LogP contribution in [0.1, 0.15) is 17.5 Å². The summed E-state index contributed by atoms with van der Waals surface area (Å²) in [5.74, 6) is 0.193. The van der Waals surface area contributed by atoms with Gasteiger partial charge in [-0.2, -0.15) is 0 Å². The quantitative estimate of drug-likeness (QED) is 0.834. The Labute approximate surface area is 164 Å². The lowest BCUT2D eigenvalue weighted by Gasteiger charge is -2.42. The second kappa shape index (κ2) is 7.52. The van der Waals surface area contributed by atoms with Crippen molar-refractivity contribution in [3.8, 4) is 11.5 Å². The van der Waals surface area contributed by atoms with E-state index in [4.69, 9.17) is 15.2 Å². The van der Waals surface area contributed by atoms with Crippen LogP contribution in [-0.2, 0) is 11.2 Å². The normalized spacial score (nSPS) is 23.2. The van der Waals surface area contributed by atoms with Crippen molar-refractivity contribution >= 4 is 11.5 Å². The van der Waals surface area contributed by atoms with Crippen molar-refractivity contribution in [3.63, 3.8) is 0 Å². The minimum atomic E-state index is -0.903. The van der Waals surface area contributed by atoms with Crippen LogP contribution in [0, 0.1) is 5.41 Å². The third kappa shape index (κ3) is 3.41. The Morgan fingerprint density at radius 3 is 2.75 bits per heavy atom. The highest BCUT2D eigenvalue weighted by molar-refractivity contribution is 5.72. The van der Waals surface area contributed by atoms with Gasteiger partial charge < -0.3 is 20.3 Å². The topological polar surface area (TPSA) is 81.8 Å². The number of nitrogens with two attached hydrogens (primary N) is 1. The third-order valence-corrected chi connectivity index (χ3v) is 5.46. The zero-order valence-electron chi connectivity index (χ0n) is 15.5. The van der Waals surface area contributed by atoms with Gasteiger partial charge in [0.25, 0.3) is 0 Å². The SMILES string of the molecule is NCC1([C@@H]2COc3cccc(CC(=O)O)c3O2)C=CC=C(c2ccccc2)C1. The molecule has 1 heterocycles. The molecule has 1 unspecified atom stereocenters. The van der Waals surface area contributed by atoms with Crippen LogP contribution in [0.15, 0.2) is 66.8 Å². The number of carbonyl (C=O) groups is 1. The predicted octanol–water partition coefficient (Wildman–Crippen LogP) is 3.44. The lowest BCUT2D eigenvalue weighted by molar-refractivity contribution is -0.136. The van der Waals surface area contributed by atoms with Gasteiger partial charge in [-0.15, -0.1) is 0 Å². The van der Waals surface area contributed by atoms with Gasteiger partial charge in [-0.25, -0.2) is 0 Å². The number of hydrogen-bond donors (Lipinski definition) is 2. The summed E-state index contributed by atoms with van der Waals surface area (Å²) in [7, 11) is 0. The van der Waals surface area contributed by atoms with Gasteiger partial charge in [0, 0.05) is 17.5 Å². The molecule has 2 aromatic carbocycles. The van der Waals surface area contributed by atoms with Crippen LogP contribution >= 0.6 is 0 Å². The van der Waals surface area contributed by atoms with Crippen LogP contribution < -0.4 is 15.2 Å². The average Bonchev–Trinajstić information content (AvgIpc) is 2.74.